The molecule has 1 unspecified atom stereocenters. The van der Waals surface area contributed by atoms with Gasteiger partial charge in [-0.3, -0.25) is 4.79 Å². The largest absolute Gasteiger partial charge is 0.351 e. The molecule has 0 fully saturated rings. The van der Waals surface area contributed by atoms with Crippen LogP contribution in [0.4, 0.5) is 0 Å². The van der Waals surface area contributed by atoms with Crippen LogP contribution in [-0.2, 0) is 6.42 Å². The van der Waals surface area contributed by atoms with E-state index in [-0.39, 0.29) is 17.7 Å². The Hall–Kier alpha value is -2.14. The lowest BCUT2D eigenvalue weighted by molar-refractivity contribution is 0.0895. The van der Waals surface area contributed by atoms with E-state index >= 15 is 0 Å². The molecule has 0 bridgehead atoms. The molecule has 0 aliphatic heterocycles. The van der Waals surface area contributed by atoms with E-state index < -0.39 is 0 Å². The van der Waals surface area contributed by atoms with Gasteiger partial charge in [0.2, 0.25) is 5.76 Å². The number of amides is 1. The lowest BCUT2D eigenvalue weighted by Gasteiger charge is -2.20. The number of carbonyl (C=O) groups excluding carboxylic acids is 1. The SMILES string of the molecule is CC(C)Cc1cc(C(=O)NC(CCN(C)C)c2ccccc2)on1. The second-order valence-corrected chi connectivity index (χ2v) is 6.81. The number of rotatable bonds is 8. The van der Waals surface area contributed by atoms with Gasteiger partial charge in [0.1, 0.15) is 0 Å². The van der Waals surface area contributed by atoms with Crippen molar-refractivity contribution in [3.05, 3.63) is 53.4 Å². The van der Waals surface area contributed by atoms with Crippen LogP contribution < -0.4 is 5.32 Å². The van der Waals surface area contributed by atoms with Gasteiger partial charge in [0.25, 0.3) is 5.91 Å². The third-order valence-electron chi connectivity index (χ3n) is 3.77. The number of hydrogen-bond donors (Lipinski definition) is 1. The van der Waals surface area contributed by atoms with E-state index in [9.17, 15) is 4.79 Å². The molecule has 0 saturated carbocycles. The van der Waals surface area contributed by atoms with E-state index in [0.29, 0.717) is 5.92 Å². The Labute approximate surface area is 144 Å². The van der Waals surface area contributed by atoms with Crippen molar-refractivity contribution < 1.29 is 9.32 Å². The number of hydrogen-bond acceptors (Lipinski definition) is 4. The maximum absolute atomic E-state index is 12.5. The predicted molar refractivity (Wildman–Crippen MR) is 94.9 cm³/mol. The van der Waals surface area contributed by atoms with Crippen molar-refractivity contribution in [2.45, 2.75) is 32.7 Å². The molecule has 130 valence electrons. The minimum atomic E-state index is -0.217. The molecule has 0 spiro atoms. The van der Waals surface area contributed by atoms with Gasteiger partial charge in [0.15, 0.2) is 0 Å². The lowest BCUT2D eigenvalue weighted by atomic mass is 10.0. The zero-order chi connectivity index (χ0) is 17.5. The Kier molecular flexibility index (Phi) is 6.55. The Morgan fingerprint density at radius 1 is 1.25 bits per heavy atom. The minimum absolute atomic E-state index is 0.0558. The molecule has 1 aromatic carbocycles. The highest BCUT2D eigenvalue weighted by Gasteiger charge is 2.19. The molecular formula is C19H27N3O2. The van der Waals surface area contributed by atoms with Gasteiger partial charge in [0, 0.05) is 6.07 Å². The number of nitrogens with zero attached hydrogens (tertiary/aromatic N) is 2. The highest BCUT2D eigenvalue weighted by atomic mass is 16.5. The lowest BCUT2D eigenvalue weighted by Crippen LogP contribution is -2.30. The molecule has 0 saturated heterocycles. The molecule has 1 aromatic heterocycles. The summed E-state index contributed by atoms with van der Waals surface area (Å²) in [6.07, 6.45) is 1.63. The van der Waals surface area contributed by atoms with E-state index in [1.807, 2.05) is 44.4 Å². The molecule has 2 aromatic rings. The van der Waals surface area contributed by atoms with Crippen molar-refractivity contribution in [3.63, 3.8) is 0 Å². The van der Waals surface area contributed by atoms with Crippen LogP contribution in [0.15, 0.2) is 40.9 Å². The fraction of sp³-hybridized carbons (Fsp3) is 0.474. The van der Waals surface area contributed by atoms with Gasteiger partial charge in [0.05, 0.1) is 11.7 Å². The number of nitrogens with one attached hydrogen (secondary N) is 1. The van der Waals surface area contributed by atoms with Crippen LogP contribution in [-0.4, -0.2) is 36.6 Å². The zero-order valence-electron chi connectivity index (χ0n) is 15.0. The summed E-state index contributed by atoms with van der Waals surface area (Å²) in [4.78, 5) is 14.6. The molecule has 0 radical (unpaired) electrons. The van der Waals surface area contributed by atoms with Crippen LogP contribution in [0, 0.1) is 5.92 Å². The molecule has 0 aliphatic carbocycles. The normalized spacial score (nSPS) is 12.6. The van der Waals surface area contributed by atoms with Crippen LogP contribution in [0.25, 0.3) is 0 Å². The Balaban J connectivity index is 2.07. The average Bonchev–Trinajstić information content (AvgIpc) is 2.99. The summed E-state index contributed by atoms with van der Waals surface area (Å²) in [5.41, 5.74) is 1.91. The van der Waals surface area contributed by atoms with Gasteiger partial charge in [-0.2, -0.15) is 0 Å². The molecule has 5 nitrogen and oxygen atoms in total. The summed E-state index contributed by atoms with van der Waals surface area (Å²) in [6.45, 7) is 5.11. The summed E-state index contributed by atoms with van der Waals surface area (Å²) in [5, 5.41) is 7.06. The highest BCUT2D eigenvalue weighted by Crippen LogP contribution is 2.18. The summed E-state index contributed by atoms with van der Waals surface area (Å²) in [7, 11) is 4.05. The molecule has 5 heteroatoms. The molecule has 1 amide bonds. The van der Waals surface area contributed by atoms with E-state index in [2.05, 4.69) is 29.2 Å². The molecule has 24 heavy (non-hydrogen) atoms. The molecule has 2 rings (SSSR count). The standard InChI is InChI=1S/C19H27N3O2/c1-14(2)12-16-13-18(24-21-16)19(23)20-17(10-11-22(3)4)15-8-6-5-7-9-15/h5-9,13-14,17H,10-12H2,1-4H3,(H,20,23). The fourth-order valence-electron chi connectivity index (χ4n) is 2.56. The van der Waals surface area contributed by atoms with Crippen molar-refractivity contribution in [3.8, 4) is 0 Å². The van der Waals surface area contributed by atoms with E-state index in [1.165, 1.54) is 0 Å². The maximum Gasteiger partial charge on any atom is 0.290 e. The molecule has 0 aliphatic rings. The number of aromatic nitrogens is 1. The van der Waals surface area contributed by atoms with E-state index in [0.717, 1.165) is 30.6 Å². The number of benzene rings is 1. The second kappa shape index (κ2) is 8.64. The van der Waals surface area contributed by atoms with Crippen molar-refractivity contribution in [1.29, 1.82) is 0 Å². The fourth-order valence-corrected chi connectivity index (χ4v) is 2.56. The van der Waals surface area contributed by atoms with Gasteiger partial charge < -0.3 is 14.7 Å². The molecule has 1 N–H and O–H groups in total. The second-order valence-electron chi connectivity index (χ2n) is 6.81. The summed E-state index contributed by atoms with van der Waals surface area (Å²) < 4.78 is 5.22. The maximum atomic E-state index is 12.5. The van der Waals surface area contributed by atoms with E-state index in [1.54, 1.807) is 6.07 Å². The Morgan fingerprint density at radius 2 is 1.96 bits per heavy atom. The minimum Gasteiger partial charge on any atom is -0.351 e. The first kappa shape index (κ1) is 18.2. The van der Waals surface area contributed by atoms with Gasteiger partial charge in [-0.25, -0.2) is 0 Å². The monoisotopic (exact) mass is 329 g/mol. The van der Waals surface area contributed by atoms with Crippen molar-refractivity contribution in [2.24, 2.45) is 5.92 Å². The predicted octanol–water partition coefficient (Wildman–Crippen LogP) is 3.30. The van der Waals surface area contributed by atoms with Gasteiger partial charge in [-0.1, -0.05) is 49.3 Å². The van der Waals surface area contributed by atoms with Crippen molar-refractivity contribution >= 4 is 5.91 Å². The third-order valence-corrected chi connectivity index (χ3v) is 3.77. The first-order valence-corrected chi connectivity index (χ1v) is 8.42. The number of carbonyl (C=O) groups is 1. The van der Waals surface area contributed by atoms with Crippen LogP contribution in [0.5, 0.6) is 0 Å². The van der Waals surface area contributed by atoms with Gasteiger partial charge in [-0.15, -0.1) is 0 Å². The Morgan fingerprint density at radius 3 is 2.58 bits per heavy atom. The Bertz CT molecular complexity index is 635. The molecule has 1 atom stereocenters. The summed E-state index contributed by atoms with van der Waals surface area (Å²) >= 11 is 0. The third kappa shape index (κ3) is 5.49. The summed E-state index contributed by atoms with van der Waals surface area (Å²) in [6, 6.07) is 11.7. The molecule has 1 heterocycles. The van der Waals surface area contributed by atoms with Gasteiger partial charge in [-0.05, 0) is 45.0 Å². The van der Waals surface area contributed by atoms with Gasteiger partial charge >= 0.3 is 0 Å². The van der Waals surface area contributed by atoms with E-state index in [4.69, 9.17) is 4.52 Å². The van der Waals surface area contributed by atoms with Crippen molar-refractivity contribution in [1.82, 2.24) is 15.4 Å². The smallest absolute Gasteiger partial charge is 0.290 e. The zero-order valence-corrected chi connectivity index (χ0v) is 15.0. The molecular weight excluding hydrogens is 302 g/mol. The topological polar surface area (TPSA) is 58.4 Å². The van der Waals surface area contributed by atoms with Crippen LogP contribution in [0.1, 0.15) is 48.1 Å². The van der Waals surface area contributed by atoms with Crippen LogP contribution >= 0.6 is 0 Å². The van der Waals surface area contributed by atoms with Crippen LogP contribution in [0.3, 0.4) is 0 Å². The highest BCUT2D eigenvalue weighted by molar-refractivity contribution is 5.91. The average molecular weight is 329 g/mol. The van der Waals surface area contributed by atoms with Crippen LogP contribution in [0.2, 0.25) is 0 Å². The first-order valence-electron chi connectivity index (χ1n) is 8.42. The first-order chi connectivity index (χ1) is 11.5. The quantitative estimate of drug-likeness (QED) is 0.807. The van der Waals surface area contributed by atoms with Crippen molar-refractivity contribution in [2.75, 3.05) is 20.6 Å². The summed E-state index contributed by atoms with van der Waals surface area (Å²) in [5.74, 6) is 0.532.